The van der Waals surface area contributed by atoms with Gasteiger partial charge in [-0.1, -0.05) is 0 Å². The summed E-state index contributed by atoms with van der Waals surface area (Å²) in [5.74, 6) is -0.279. The molecule has 1 saturated heterocycles. The molecule has 24 heavy (non-hydrogen) atoms. The van der Waals surface area contributed by atoms with Crippen LogP contribution in [0.4, 0.5) is 0 Å². The van der Waals surface area contributed by atoms with E-state index in [-0.39, 0.29) is 24.7 Å². The third-order valence-electron chi connectivity index (χ3n) is 3.35. The van der Waals surface area contributed by atoms with Gasteiger partial charge in [0.05, 0.1) is 18.1 Å². The quantitative estimate of drug-likeness (QED) is 0.608. The second kappa shape index (κ2) is 7.06. The molecule has 2 N–H and O–H groups in total. The standard InChI is InChI=1S/C15H22N2O6S/c1-15(2,3)23-11-4-6-12(7-5-11)24(20,21)17-8-9-22-10-13(17)14(18)16-19/h4-7,13,19H,8-10H2,1-3H3,(H,16,18)/t13-/m1/s1. The number of nitrogens with zero attached hydrogens (tertiary/aromatic N) is 1. The van der Waals surface area contributed by atoms with E-state index in [0.29, 0.717) is 5.75 Å². The number of carbonyl (C=O) groups is 1. The van der Waals surface area contributed by atoms with Crippen molar-refractivity contribution in [3.05, 3.63) is 24.3 Å². The Morgan fingerprint density at radius 2 is 1.96 bits per heavy atom. The van der Waals surface area contributed by atoms with E-state index in [1.807, 2.05) is 20.8 Å². The van der Waals surface area contributed by atoms with E-state index in [1.54, 1.807) is 12.1 Å². The van der Waals surface area contributed by atoms with Crippen LogP contribution >= 0.6 is 0 Å². The van der Waals surface area contributed by atoms with Gasteiger partial charge in [0, 0.05) is 6.54 Å². The summed E-state index contributed by atoms with van der Waals surface area (Å²) in [4.78, 5) is 11.7. The third kappa shape index (κ3) is 4.23. The van der Waals surface area contributed by atoms with Crippen molar-refractivity contribution in [2.75, 3.05) is 19.8 Å². The topological polar surface area (TPSA) is 105 Å². The molecule has 0 radical (unpaired) electrons. The average molecular weight is 358 g/mol. The number of carbonyl (C=O) groups excluding carboxylic acids is 1. The number of amides is 1. The van der Waals surface area contributed by atoms with Gasteiger partial charge in [-0.3, -0.25) is 10.0 Å². The van der Waals surface area contributed by atoms with Crippen molar-refractivity contribution in [3.63, 3.8) is 0 Å². The fourth-order valence-corrected chi connectivity index (χ4v) is 3.88. The number of hydrogen-bond acceptors (Lipinski definition) is 6. The molecule has 1 aromatic rings. The highest BCUT2D eigenvalue weighted by Crippen LogP contribution is 2.24. The van der Waals surface area contributed by atoms with E-state index in [9.17, 15) is 13.2 Å². The van der Waals surface area contributed by atoms with E-state index in [0.717, 1.165) is 4.31 Å². The fourth-order valence-electron chi connectivity index (χ4n) is 2.33. The molecule has 0 unspecified atom stereocenters. The van der Waals surface area contributed by atoms with Crippen molar-refractivity contribution in [2.45, 2.75) is 37.3 Å². The van der Waals surface area contributed by atoms with Crippen molar-refractivity contribution in [3.8, 4) is 5.75 Å². The normalized spacial score (nSPS) is 19.8. The van der Waals surface area contributed by atoms with Crippen LogP contribution in [-0.4, -0.2) is 55.2 Å². The molecule has 1 aromatic carbocycles. The summed E-state index contributed by atoms with van der Waals surface area (Å²) < 4.78 is 37.4. The van der Waals surface area contributed by atoms with E-state index in [4.69, 9.17) is 14.7 Å². The smallest absolute Gasteiger partial charge is 0.264 e. The predicted molar refractivity (Wildman–Crippen MR) is 85.3 cm³/mol. The lowest BCUT2D eigenvalue weighted by Gasteiger charge is -2.32. The molecular formula is C15H22N2O6S. The lowest BCUT2D eigenvalue weighted by molar-refractivity contribution is -0.137. The molecule has 0 saturated carbocycles. The number of rotatable bonds is 4. The van der Waals surface area contributed by atoms with Crippen LogP contribution in [0.5, 0.6) is 5.75 Å². The summed E-state index contributed by atoms with van der Waals surface area (Å²) >= 11 is 0. The van der Waals surface area contributed by atoms with Crippen molar-refractivity contribution in [1.29, 1.82) is 0 Å². The Morgan fingerprint density at radius 3 is 2.50 bits per heavy atom. The Labute approximate surface area is 141 Å². The summed E-state index contributed by atoms with van der Waals surface area (Å²) in [6, 6.07) is 4.89. The summed E-state index contributed by atoms with van der Waals surface area (Å²) in [6.07, 6.45) is 0. The van der Waals surface area contributed by atoms with Crippen LogP contribution in [-0.2, 0) is 19.6 Å². The van der Waals surface area contributed by atoms with Gasteiger partial charge in [-0.15, -0.1) is 0 Å². The molecule has 134 valence electrons. The van der Waals surface area contributed by atoms with Gasteiger partial charge >= 0.3 is 0 Å². The summed E-state index contributed by atoms with van der Waals surface area (Å²) in [7, 11) is -3.90. The van der Waals surface area contributed by atoms with Crippen molar-refractivity contribution >= 4 is 15.9 Å². The second-order valence-electron chi connectivity index (χ2n) is 6.37. The van der Waals surface area contributed by atoms with Crippen LogP contribution in [0, 0.1) is 0 Å². The van der Waals surface area contributed by atoms with Gasteiger partial charge in [-0.25, -0.2) is 13.9 Å². The molecule has 0 bridgehead atoms. The summed E-state index contributed by atoms with van der Waals surface area (Å²) in [6.45, 7) is 5.77. The van der Waals surface area contributed by atoms with E-state index >= 15 is 0 Å². The van der Waals surface area contributed by atoms with Crippen LogP contribution in [0.15, 0.2) is 29.2 Å². The lowest BCUT2D eigenvalue weighted by Crippen LogP contribution is -2.55. The highest BCUT2D eigenvalue weighted by atomic mass is 32.2. The molecule has 8 nitrogen and oxygen atoms in total. The van der Waals surface area contributed by atoms with E-state index < -0.39 is 27.6 Å². The first-order chi connectivity index (χ1) is 11.1. The number of hydrogen-bond donors (Lipinski definition) is 2. The third-order valence-corrected chi connectivity index (χ3v) is 5.27. The highest BCUT2D eigenvalue weighted by Gasteiger charge is 2.38. The zero-order valence-corrected chi connectivity index (χ0v) is 14.7. The average Bonchev–Trinajstić information content (AvgIpc) is 2.53. The molecule has 1 amide bonds. The van der Waals surface area contributed by atoms with Gasteiger partial charge in [-0.2, -0.15) is 4.31 Å². The summed E-state index contributed by atoms with van der Waals surface area (Å²) in [5, 5.41) is 8.79. The highest BCUT2D eigenvalue weighted by molar-refractivity contribution is 7.89. The Morgan fingerprint density at radius 1 is 1.33 bits per heavy atom. The second-order valence-corrected chi connectivity index (χ2v) is 8.26. The van der Waals surface area contributed by atoms with Crippen LogP contribution in [0.1, 0.15) is 20.8 Å². The first-order valence-corrected chi connectivity index (χ1v) is 8.92. The Hall–Kier alpha value is -1.68. The first-order valence-electron chi connectivity index (χ1n) is 7.48. The summed E-state index contributed by atoms with van der Waals surface area (Å²) in [5.41, 5.74) is 1.08. The zero-order chi connectivity index (χ0) is 18.0. The molecule has 0 spiro atoms. The van der Waals surface area contributed by atoms with Gasteiger partial charge in [0.25, 0.3) is 5.91 Å². The zero-order valence-electron chi connectivity index (χ0n) is 13.9. The van der Waals surface area contributed by atoms with Crippen LogP contribution < -0.4 is 10.2 Å². The number of ether oxygens (including phenoxy) is 2. The molecule has 2 rings (SSSR count). The number of morpholine rings is 1. The van der Waals surface area contributed by atoms with Crippen LogP contribution in [0.3, 0.4) is 0 Å². The maximum Gasteiger partial charge on any atom is 0.264 e. The van der Waals surface area contributed by atoms with E-state index in [1.165, 1.54) is 17.6 Å². The number of hydroxylamine groups is 1. The maximum absolute atomic E-state index is 12.8. The number of nitrogens with one attached hydrogen (secondary N) is 1. The molecular weight excluding hydrogens is 336 g/mol. The Bertz CT molecular complexity index is 681. The monoisotopic (exact) mass is 358 g/mol. The van der Waals surface area contributed by atoms with Crippen molar-refractivity contribution in [1.82, 2.24) is 9.79 Å². The molecule has 0 aliphatic carbocycles. The largest absolute Gasteiger partial charge is 0.488 e. The minimum Gasteiger partial charge on any atom is -0.488 e. The minimum atomic E-state index is -3.90. The van der Waals surface area contributed by atoms with Gasteiger partial charge < -0.3 is 9.47 Å². The SMILES string of the molecule is CC(C)(C)Oc1ccc(S(=O)(=O)N2CCOC[C@@H]2C(=O)NO)cc1. The van der Waals surface area contributed by atoms with Gasteiger partial charge in [-0.05, 0) is 45.0 Å². The van der Waals surface area contributed by atoms with E-state index in [2.05, 4.69) is 0 Å². The Kier molecular flexibility index (Phi) is 5.49. The molecule has 1 fully saturated rings. The molecule has 0 aromatic heterocycles. The number of benzene rings is 1. The predicted octanol–water partition coefficient (Wildman–Crippen LogP) is 0.759. The lowest BCUT2D eigenvalue weighted by atomic mass is 10.2. The molecule has 1 atom stereocenters. The molecule has 1 aliphatic rings. The molecule has 1 aliphatic heterocycles. The molecule has 9 heteroatoms. The molecule has 1 heterocycles. The van der Waals surface area contributed by atoms with Gasteiger partial charge in [0.2, 0.25) is 10.0 Å². The number of sulfonamides is 1. The van der Waals surface area contributed by atoms with Crippen molar-refractivity contribution in [2.24, 2.45) is 0 Å². The van der Waals surface area contributed by atoms with Crippen LogP contribution in [0.25, 0.3) is 0 Å². The van der Waals surface area contributed by atoms with Gasteiger partial charge in [0.1, 0.15) is 17.4 Å². The van der Waals surface area contributed by atoms with Crippen LogP contribution in [0.2, 0.25) is 0 Å². The van der Waals surface area contributed by atoms with Gasteiger partial charge in [0.15, 0.2) is 0 Å². The maximum atomic E-state index is 12.8. The fraction of sp³-hybridized carbons (Fsp3) is 0.533. The van der Waals surface area contributed by atoms with Crippen molar-refractivity contribution < 1.29 is 27.9 Å². The first kappa shape index (κ1) is 18.7. The Balaban J connectivity index is 2.26. The minimum absolute atomic E-state index is 0.0284.